The quantitative estimate of drug-likeness (QED) is 0.890. The van der Waals surface area contributed by atoms with Crippen LogP contribution in [-0.2, 0) is 11.3 Å². The predicted molar refractivity (Wildman–Crippen MR) is 60.0 cm³/mol. The molecule has 5 heteroatoms. The highest BCUT2D eigenvalue weighted by Crippen LogP contribution is 2.25. The molecule has 0 radical (unpaired) electrons. The normalized spacial score (nSPS) is 22.0. The molecule has 2 rings (SSSR count). The zero-order valence-corrected chi connectivity index (χ0v) is 9.97. The number of likely N-dealkylation sites (tertiary alicyclic amines) is 1. The second-order valence-electron chi connectivity index (χ2n) is 3.35. The average Bonchev–Trinajstić information content (AvgIpc) is 2.68. The van der Waals surface area contributed by atoms with Crippen molar-refractivity contribution in [1.82, 2.24) is 4.90 Å². The summed E-state index contributed by atoms with van der Waals surface area (Å²) in [7, 11) is 0. The predicted octanol–water partition coefficient (Wildman–Crippen LogP) is 1.57. The van der Waals surface area contributed by atoms with Gasteiger partial charge >= 0.3 is 0 Å². The third kappa shape index (κ3) is 1.85. The third-order valence-corrected chi connectivity index (χ3v) is 4.28. The molecule has 1 aliphatic heterocycles. The topological polar surface area (TPSA) is 46.3 Å². The number of amides is 1. The summed E-state index contributed by atoms with van der Waals surface area (Å²) >= 11 is 5.11. The molecule has 14 heavy (non-hydrogen) atoms. The number of nitrogens with two attached hydrogens (primary N) is 1. The summed E-state index contributed by atoms with van der Waals surface area (Å²) in [5.41, 5.74) is 5.64. The van der Waals surface area contributed by atoms with Crippen LogP contribution in [0.2, 0.25) is 0 Å². The summed E-state index contributed by atoms with van der Waals surface area (Å²) in [6, 6.07) is 1.72. The molecule has 1 aliphatic rings. The molecule has 1 saturated heterocycles. The first kappa shape index (κ1) is 10.1. The molecule has 1 amide bonds. The summed E-state index contributed by atoms with van der Waals surface area (Å²) in [5, 5.41) is 2.01. The Balaban J connectivity index is 2.06. The van der Waals surface area contributed by atoms with Gasteiger partial charge in [-0.15, -0.1) is 11.3 Å². The van der Waals surface area contributed by atoms with Crippen LogP contribution >= 0.6 is 27.3 Å². The zero-order valence-electron chi connectivity index (χ0n) is 7.57. The molecular weight excluding hydrogens is 264 g/mol. The van der Waals surface area contributed by atoms with Crippen molar-refractivity contribution in [1.29, 1.82) is 0 Å². The van der Waals surface area contributed by atoms with E-state index in [1.165, 1.54) is 4.88 Å². The lowest BCUT2D eigenvalue weighted by atomic mass is 10.3. The van der Waals surface area contributed by atoms with Crippen molar-refractivity contribution in [3.8, 4) is 0 Å². The number of halogens is 1. The minimum atomic E-state index is -0.284. The molecule has 0 aromatic carbocycles. The van der Waals surface area contributed by atoms with Crippen LogP contribution < -0.4 is 5.73 Å². The molecule has 0 spiro atoms. The molecule has 1 fully saturated rings. The third-order valence-electron chi connectivity index (χ3n) is 2.36. The van der Waals surface area contributed by atoms with E-state index in [1.54, 1.807) is 11.3 Å². The number of hydrogen-bond acceptors (Lipinski definition) is 3. The number of nitrogens with zero attached hydrogens (tertiary/aromatic N) is 1. The van der Waals surface area contributed by atoms with Crippen LogP contribution in [0.3, 0.4) is 0 Å². The molecule has 1 aromatic heterocycles. The van der Waals surface area contributed by atoms with E-state index in [0.29, 0.717) is 6.54 Å². The van der Waals surface area contributed by atoms with Gasteiger partial charge in [-0.25, -0.2) is 0 Å². The highest BCUT2D eigenvalue weighted by atomic mass is 79.9. The SMILES string of the molecule is NC1CCN(Cc2sccc2Br)C1=O. The smallest absolute Gasteiger partial charge is 0.239 e. The van der Waals surface area contributed by atoms with Gasteiger partial charge in [-0.1, -0.05) is 0 Å². The Morgan fingerprint density at radius 1 is 1.71 bits per heavy atom. The fourth-order valence-electron chi connectivity index (χ4n) is 1.53. The Labute approximate surface area is 95.0 Å². The highest BCUT2D eigenvalue weighted by molar-refractivity contribution is 9.10. The van der Waals surface area contributed by atoms with Gasteiger partial charge in [0.15, 0.2) is 0 Å². The van der Waals surface area contributed by atoms with E-state index in [2.05, 4.69) is 15.9 Å². The lowest BCUT2D eigenvalue weighted by molar-refractivity contribution is -0.129. The molecule has 0 saturated carbocycles. The Morgan fingerprint density at radius 2 is 2.50 bits per heavy atom. The summed E-state index contributed by atoms with van der Waals surface area (Å²) in [6.07, 6.45) is 0.780. The Kier molecular flexibility index (Phi) is 2.90. The maximum absolute atomic E-state index is 11.5. The van der Waals surface area contributed by atoms with E-state index in [9.17, 15) is 4.79 Å². The summed E-state index contributed by atoms with van der Waals surface area (Å²) < 4.78 is 1.08. The highest BCUT2D eigenvalue weighted by Gasteiger charge is 2.28. The van der Waals surface area contributed by atoms with Crippen LogP contribution in [0.15, 0.2) is 15.9 Å². The van der Waals surface area contributed by atoms with E-state index in [-0.39, 0.29) is 11.9 Å². The van der Waals surface area contributed by atoms with Crippen LogP contribution in [0.25, 0.3) is 0 Å². The minimum absolute atomic E-state index is 0.0744. The van der Waals surface area contributed by atoms with E-state index in [1.807, 2.05) is 16.3 Å². The van der Waals surface area contributed by atoms with Crippen molar-refractivity contribution in [2.45, 2.75) is 19.0 Å². The van der Waals surface area contributed by atoms with Gasteiger partial charge in [-0.05, 0) is 33.8 Å². The van der Waals surface area contributed by atoms with E-state index in [4.69, 9.17) is 5.73 Å². The van der Waals surface area contributed by atoms with Gasteiger partial charge in [-0.2, -0.15) is 0 Å². The molecule has 0 bridgehead atoms. The summed E-state index contributed by atoms with van der Waals surface area (Å²) in [4.78, 5) is 14.5. The molecule has 0 aliphatic carbocycles. The first-order chi connectivity index (χ1) is 6.68. The minimum Gasteiger partial charge on any atom is -0.336 e. The summed E-state index contributed by atoms with van der Waals surface area (Å²) in [5.74, 6) is 0.0744. The number of carbonyl (C=O) groups excluding carboxylic acids is 1. The second kappa shape index (κ2) is 4.00. The molecule has 2 heterocycles. The molecule has 1 unspecified atom stereocenters. The van der Waals surface area contributed by atoms with Crippen LogP contribution in [0.4, 0.5) is 0 Å². The van der Waals surface area contributed by atoms with Crippen molar-refractivity contribution >= 4 is 33.2 Å². The van der Waals surface area contributed by atoms with Crippen LogP contribution in [-0.4, -0.2) is 23.4 Å². The van der Waals surface area contributed by atoms with Gasteiger partial charge in [0, 0.05) is 15.9 Å². The van der Waals surface area contributed by atoms with Crippen LogP contribution in [0, 0.1) is 0 Å². The van der Waals surface area contributed by atoms with Crippen molar-refractivity contribution in [2.24, 2.45) is 5.73 Å². The maximum atomic E-state index is 11.5. The molecule has 1 aromatic rings. The average molecular weight is 275 g/mol. The lowest BCUT2D eigenvalue weighted by Crippen LogP contribution is -2.33. The molecular formula is C9H11BrN2OS. The van der Waals surface area contributed by atoms with E-state index in [0.717, 1.165) is 17.4 Å². The van der Waals surface area contributed by atoms with Gasteiger partial charge in [0.25, 0.3) is 0 Å². The first-order valence-electron chi connectivity index (χ1n) is 4.44. The maximum Gasteiger partial charge on any atom is 0.239 e. The molecule has 3 nitrogen and oxygen atoms in total. The van der Waals surface area contributed by atoms with Gasteiger partial charge in [-0.3, -0.25) is 4.79 Å². The van der Waals surface area contributed by atoms with Gasteiger partial charge in [0.2, 0.25) is 5.91 Å². The molecule has 2 N–H and O–H groups in total. The van der Waals surface area contributed by atoms with E-state index >= 15 is 0 Å². The second-order valence-corrected chi connectivity index (χ2v) is 5.20. The lowest BCUT2D eigenvalue weighted by Gasteiger charge is -2.14. The number of carbonyl (C=O) groups is 1. The number of rotatable bonds is 2. The van der Waals surface area contributed by atoms with Gasteiger partial charge < -0.3 is 10.6 Å². The van der Waals surface area contributed by atoms with Crippen molar-refractivity contribution in [3.63, 3.8) is 0 Å². The Bertz CT molecular complexity index is 352. The van der Waals surface area contributed by atoms with Crippen LogP contribution in [0.1, 0.15) is 11.3 Å². The molecule has 76 valence electrons. The fraction of sp³-hybridized carbons (Fsp3) is 0.444. The zero-order chi connectivity index (χ0) is 10.1. The monoisotopic (exact) mass is 274 g/mol. The number of thiophene rings is 1. The Morgan fingerprint density at radius 3 is 3.00 bits per heavy atom. The van der Waals surface area contributed by atoms with Crippen LogP contribution in [0.5, 0.6) is 0 Å². The van der Waals surface area contributed by atoms with Crippen molar-refractivity contribution in [2.75, 3.05) is 6.54 Å². The standard InChI is InChI=1S/C9H11BrN2OS/c10-6-2-4-14-8(6)5-12-3-1-7(11)9(12)13/h2,4,7H,1,3,5,11H2. The summed E-state index contributed by atoms with van der Waals surface area (Å²) in [6.45, 7) is 1.47. The molecule has 1 atom stereocenters. The fourth-order valence-corrected chi connectivity index (χ4v) is 3.02. The largest absolute Gasteiger partial charge is 0.336 e. The van der Waals surface area contributed by atoms with Crippen molar-refractivity contribution in [3.05, 3.63) is 20.8 Å². The van der Waals surface area contributed by atoms with Gasteiger partial charge in [0.1, 0.15) is 0 Å². The van der Waals surface area contributed by atoms with Crippen molar-refractivity contribution < 1.29 is 4.79 Å². The number of hydrogen-bond donors (Lipinski definition) is 1. The first-order valence-corrected chi connectivity index (χ1v) is 6.12. The van der Waals surface area contributed by atoms with Gasteiger partial charge in [0.05, 0.1) is 12.6 Å². The Hall–Kier alpha value is -0.390. The van der Waals surface area contributed by atoms with E-state index < -0.39 is 0 Å².